The third kappa shape index (κ3) is 1.93. The standard InChI is InChI=1S/C11H14N4/c1-7-3-4-9(8(2)5-7)14-10-6-13-15-11(10)12/h3-6,14H,1-2H3,(H3,12,13,15). The Kier molecular flexibility index (Phi) is 2.33. The summed E-state index contributed by atoms with van der Waals surface area (Å²) in [6.45, 7) is 4.13. The van der Waals surface area contributed by atoms with E-state index in [4.69, 9.17) is 5.73 Å². The molecule has 4 heteroatoms. The maximum Gasteiger partial charge on any atom is 0.143 e. The minimum absolute atomic E-state index is 0.551. The maximum absolute atomic E-state index is 5.69. The summed E-state index contributed by atoms with van der Waals surface area (Å²) in [5.41, 5.74) is 9.98. The Hall–Kier alpha value is -1.97. The minimum atomic E-state index is 0.551. The SMILES string of the molecule is Cc1ccc(Nc2cn[nH]c2N)c(C)c1. The topological polar surface area (TPSA) is 66.7 Å². The van der Waals surface area contributed by atoms with Crippen molar-refractivity contribution >= 4 is 17.2 Å². The first kappa shape index (κ1) is 9.58. The van der Waals surface area contributed by atoms with Crippen LogP contribution >= 0.6 is 0 Å². The molecule has 78 valence electrons. The number of aromatic nitrogens is 2. The highest BCUT2D eigenvalue weighted by Gasteiger charge is 2.03. The Morgan fingerprint density at radius 2 is 2.07 bits per heavy atom. The zero-order valence-electron chi connectivity index (χ0n) is 8.83. The second kappa shape index (κ2) is 3.65. The number of nitrogen functional groups attached to an aromatic ring is 1. The molecular weight excluding hydrogens is 188 g/mol. The molecule has 15 heavy (non-hydrogen) atoms. The zero-order chi connectivity index (χ0) is 10.8. The van der Waals surface area contributed by atoms with E-state index in [0.29, 0.717) is 5.82 Å². The van der Waals surface area contributed by atoms with E-state index >= 15 is 0 Å². The number of hydrogen-bond acceptors (Lipinski definition) is 3. The number of anilines is 3. The van der Waals surface area contributed by atoms with Crippen molar-refractivity contribution in [3.05, 3.63) is 35.5 Å². The Morgan fingerprint density at radius 3 is 2.67 bits per heavy atom. The number of benzene rings is 1. The number of hydrogen-bond donors (Lipinski definition) is 3. The van der Waals surface area contributed by atoms with Crippen molar-refractivity contribution in [1.29, 1.82) is 0 Å². The molecule has 2 aromatic rings. The van der Waals surface area contributed by atoms with E-state index in [2.05, 4.69) is 41.5 Å². The summed E-state index contributed by atoms with van der Waals surface area (Å²) >= 11 is 0. The summed E-state index contributed by atoms with van der Waals surface area (Å²) in [6.07, 6.45) is 1.68. The summed E-state index contributed by atoms with van der Waals surface area (Å²) in [4.78, 5) is 0. The van der Waals surface area contributed by atoms with Gasteiger partial charge >= 0.3 is 0 Å². The number of nitrogens with two attached hydrogens (primary N) is 1. The quantitative estimate of drug-likeness (QED) is 0.700. The predicted molar refractivity (Wildman–Crippen MR) is 62.2 cm³/mol. The molecule has 1 aromatic heterocycles. The molecule has 0 aliphatic carbocycles. The molecule has 0 saturated carbocycles. The third-order valence-corrected chi connectivity index (χ3v) is 2.32. The van der Waals surface area contributed by atoms with Crippen LogP contribution in [0.1, 0.15) is 11.1 Å². The number of aryl methyl sites for hydroxylation is 2. The molecule has 0 fully saturated rings. The van der Waals surface area contributed by atoms with Gasteiger partial charge in [-0.15, -0.1) is 0 Å². The number of rotatable bonds is 2. The van der Waals surface area contributed by atoms with E-state index in [0.717, 1.165) is 11.4 Å². The van der Waals surface area contributed by atoms with Crippen LogP contribution in [0.15, 0.2) is 24.4 Å². The Bertz CT molecular complexity index is 473. The van der Waals surface area contributed by atoms with Crippen LogP contribution < -0.4 is 11.1 Å². The van der Waals surface area contributed by atoms with Crippen molar-refractivity contribution in [2.45, 2.75) is 13.8 Å². The molecule has 0 saturated heterocycles. The number of nitrogens with zero attached hydrogens (tertiary/aromatic N) is 1. The van der Waals surface area contributed by atoms with Gasteiger partial charge in [0, 0.05) is 5.69 Å². The summed E-state index contributed by atoms with van der Waals surface area (Å²) in [5.74, 6) is 0.551. The third-order valence-electron chi connectivity index (χ3n) is 2.32. The first-order valence-corrected chi connectivity index (χ1v) is 4.80. The molecule has 0 amide bonds. The van der Waals surface area contributed by atoms with E-state index in [-0.39, 0.29) is 0 Å². The molecule has 1 heterocycles. The largest absolute Gasteiger partial charge is 0.382 e. The lowest BCUT2D eigenvalue weighted by Crippen LogP contribution is -1.96. The Balaban J connectivity index is 2.29. The fraction of sp³-hybridized carbons (Fsp3) is 0.182. The molecule has 0 radical (unpaired) electrons. The highest BCUT2D eigenvalue weighted by atomic mass is 15.2. The van der Waals surface area contributed by atoms with E-state index in [1.165, 1.54) is 11.1 Å². The monoisotopic (exact) mass is 202 g/mol. The van der Waals surface area contributed by atoms with Crippen LogP contribution in [-0.2, 0) is 0 Å². The van der Waals surface area contributed by atoms with Crippen molar-refractivity contribution in [3.8, 4) is 0 Å². The fourth-order valence-corrected chi connectivity index (χ4v) is 1.49. The lowest BCUT2D eigenvalue weighted by molar-refractivity contribution is 1.10. The average Bonchev–Trinajstić information content (AvgIpc) is 2.57. The minimum Gasteiger partial charge on any atom is -0.382 e. The van der Waals surface area contributed by atoms with Crippen LogP contribution in [0, 0.1) is 13.8 Å². The Morgan fingerprint density at radius 1 is 1.27 bits per heavy atom. The van der Waals surface area contributed by atoms with E-state index in [9.17, 15) is 0 Å². The molecule has 4 nitrogen and oxygen atoms in total. The van der Waals surface area contributed by atoms with Crippen LogP contribution in [0.2, 0.25) is 0 Å². The highest BCUT2D eigenvalue weighted by molar-refractivity contribution is 5.70. The average molecular weight is 202 g/mol. The van der Waals surface area contributed by atoms with E-state index < -0.39 is 0 Å². The smallest absolute Gasteiger partial charge is 0.143 e. The van der Waals surface area contributed by atoms with Crippen molar-refractivity contribution in [1.82, 2.24) is 10.2 Å². The van der Waals surface area contributed by atoms with Crippen molar-refractivity contribution in [3.63, 3.8) is 0 Å². The van der Waals surface area contributed by atoms with Gasteiger partial charge in [-0.25, -0.2) is 0 Å². The van der Waals surface area contributed by atoms with E-state index in [1.54, 1.807) is 6.20 Å². The lowest BCUT2D eigenvalue weighted by Gasteiger charge is -2.08. The molecule has 4 N–H and O–H groups in total. The molecule has 0 unspecified atom stereocenters. The van der Waals surface area contributed by atoms with Gasteiger partial charge in [0.25, 0.3) is 0 Å². The molecule has 0 bridgehead atoms. The second-order valence-electron chi connectivity index (χ2n) is 3.64. The second-order valence-corrected chi connectivity index (χ2v) is 3.64. The number of H-pyrrole nitrogens is 1. The van der Waals surface area contributed by atoms with Crippen molar-refractivity contribution < 1.29 is 0 Å². The van der Waals surface area contributed by atoms with Gasteiger partial charge in [0.2, 0.25) is 0 Å². The molecule has 0 aliphatic heterocycles. The van der Waals surface area contributed by atoms with Gasteiger partial charge in [-0.2, -0.15) is 5.10 Å². The Labute approximate surface area is 88.5 Å². The van der Waals surface area contributed by atoms with Crippen LogP contribution in [0.25, 0.3) is 0 Å². The summed E-state index contributed by atoms with van der Waals surface area (Å²) in [7, 11) is 0. The van der Waals surface area contributed by atoms with Gasteiger partial charge in [0.05, 0.1) is 6.20 Å². The molecule has 1 aromatic carbocycles. The highest BCUT2D eigenvalue weighted by Crippen LogP contribution is 2.23. The maximum atomic E-state index is 5.69. The van der Waals surface area contributed by atoms with Crippen molar-refractivity contribution in [2.24, 2.45) is 0 Å². The molecular formula is C11H14N4. The van der Waals surface area contributed by atoms with Gasteiger partial charge < -0.3 is 11.1 Å². The van der Waals surface area contributed by atoms with Crippen LogP contribution in [-0.4, -0.2) is 10.2 Å². The fourth-order valence-electron chi connectivity index (χ4n) is 1.49. The number of aromatic amines is 1. The number of nitrogens with one attached hydrogen (secondary N) is 2. The molecule has 0 spiro atoms. The van der Waals surface area contributed by atoms with Gasteiger partial charge in [0.1, 0.15) is 11.5 Å². The zero-order valence-corrected chi connectivity index (χ0v) is 8.83. The van der Waals surface area contributed by atoms with Gasteiger partial charge in [-0.05, 0) is 25.5 Å². The van der Waals surface area contributed by atoms with Gasteiger partial charge in [-0.3, -0.25) is 5.10 Å². The van der Waals surface area contributed by atoms with Crippen LogP contribution in [0.5, 0.6) is 0 Å². The first-order chi connectivity index (χ1) is 7.16. The first-order valence-electron chi connectivity index (χ1n) is 4.80. The molecule has 0 aliphatic rings. The summed E-state index contributed by atoms with van der Waals surface area (Å²) in [5, 5.41) is 9.77. The normalized spacial score (nSPS) is 10.3. The summed E-state index contributed by atoms with van der Waals surface area (Å²) in [6, 6.07) is 6.22. The van der Waals surface area contributed by atoms with Crippen LogP contribution in [0.4, 0.5) is 17.2 Å². The van der Waals surface area contributed by atoms with Crippen LogP contribution in [0.3, 0.4) is 0 Å². The molecule has 2 rings (SSSR count). The van der Waals surface area contributed by atoms with Crippen molar-refractivity contribution in [2.75, 3.05) is 11.1 Å². The molecule has 0 atom stereocenters. The van der Waals surface area contributed by atoms with Gasteiger partial charge in [-0.1, -0.05) is 17.7 Å². The van der Waals surface area contributed by atoms with Gasteiger partial charge in [0.15, 0.2) is 0 Å². The predicted octanol–water partition coefficient (Wildman–Crippen LogP) is 2.35. The summed E-state index contributed by atoms with van der Waals surface area (Å²) < 4.78 is 0. The lowest BCUT2D eigenvalue weighted by atomic mass is 10.1. The van der Waals surface area contributed by atoms with E-state index in [1.807, 2.05) is 6.07 Å².